The fourth-order valence-electron chi connectivity index (χ4n) is 1.70. The van der Waals surface area contributed by atoms with E-state index >= 15 is 0 Å². The van der Waals surface area contributed by atoms with Crippen LogP contribution in [0.15, 0.2) is 12.1 Å². The van der Waals surface area contributed by atoms with Crippen LogP contribution in [-0.4, -0.2) is 34.7 Å². The Morgan fingerprint density at radius 3 is 1.95 bits per heavy atom. The van der Waals surface area contributed by atoms with Crippen molar-refractivity contribution in [3.05, 3.63) is 17.7 Å². The molecule has 0 atom stereocenters. The monoisotopic (exact) mass is 314 g/mol. The van der Waals surface area contributed by atoms with E-state index in [4.69, 9.17) is 25.8 Å². The highest BCUT2D eigenvalue weighted by Gasteiger charge is 2.14. The number of primary amides is 1. The lowest BCUT2D eigenvalue weighted by atomic mass is 10.1. The number of amides is 2. The molecule has 1 aliphatic rings. The van der Waals surface area contributed by atoms with Gasteiger partial charge in [-0.1, -0.05) is 32.1 Å². The minimum Gasteiger partial charge on any atom is -0.504 e. The number of nitrogens with one attached hydrogen (secondary N) is 1. The van der Waals surface area contributed by atoms with Crippen LogP contribution in [0.5, 0.6) is 17.2 Å². The number of hydroxylamine groups is 1. The summed E-state index contributed by atoms with van der Waals surface area (Å²) in [6.07, 6.45) is 7.96. The molecule has 0 heterocycles. The topological polar surface area (TPSA) is 142 Å². The Labute approximate surface area is 128 Å². The average Bonchev–Trinajstić information content (AvgIpc) is 3.05. The predicted octanol–water partition coefficient (Wildman–Crippen LogP) is 1.15. The molecule has 0 aromatic heterocycles. The summed E-state index contributed by atoms with van der Waals surface area (Å²) in [6.45, 7) is 0. The third-order valence-corrected chi connectivity index (χ3v) is 2.81. The number of hydrogen-bond donors (Lipinski definition) is 5. The van der Waals surface area contributed by atoms with E-state index in [-0.39, 0.29) is 5.56 Å². The van der Waals surface area contributed by atoms with Crippen molar-refractivity contribution in [3.63, 3.8) is 0 Å². The Morgan fingerprint density at radius 2 is 1.64 bits per heavy atom. The minimum atomic E-state index is -0.872. The smallest absolute Gasteiger partial charge is 0.252 e. The second kappa shape index (κ2) is 11.2. The second-order valence-corrected chi connectivity index (χ2v) is 4.40. The van der Waals surface area contributed by atoms with Gasteiger partial charge < -0.3 is 21.1 Å². The van der Waals surface area contributed by atoms with E-state index in [1.165, 1.54) is 39.2 Å². The molecule has 1 saturated carbocycles. The van der Waals surface area contributed by atoms with Gasteiger partial charge in [-0.05, 0) is 12.1 Å². The highest BCUT2D eigenvalue weighted by molar-refractivity contribution is 5.96. The standard InChI is InChI=1S/C7H7NO4.C5H10.C2H5NO2/c8-7(12)3-1-2-4(9)6(11)5(3)10;1-2-4-5-3-1;1-5-3-2-4/h1-2,9-11H,(H2,8,12);1-5H2;2H,1H3,(H,3,4). The maximum absolute atomic E-state index is 10.6. The number of hydrogen-bond acceptors (Lipinski definition) is 6. The Balaban J connectivity index is 0.000000363. The first kappa shape index (κ1) is 19.5. The van der Waals surface area contributed by atoms with Crippen LogP contribution in [0.4, 0.5) is 0 Å². The fraction of sp³-hybridized carbons (Fsp3) is 0.429. The molecule has 0 unspecified atom stereocenters. The number of nitrogens with two attached hydrogens (primary N) is 1. The molecule has 8 nitrogen and oxygen atoms in total. The third-order valence-electron chi connectivity index (χ3n) is 2.81. The lowest BCUT2D eigenvalue weighted by Crippen LogP contribution is -2.10. The number of rotatable bonds is 3. The summed E-state index contributed by atoms with van der Waals surface area (Å²) >= 11 is 0. The largest absolute Gasteiger partial charge is 0.504 e. The van der Waals surface area contributed by atoms with Gasteiger partial charge in [0.15, 0.2) is 11.5 Å². The van der Waals surface area contributed by atoms with Crippen molar-refractivity contribution < 1.29 is 29.7 Å². The van der Waals surface area contributed by atoms with Gasteiger partial charge in [-0.25, -0.2) is 5.48 Å². The molecule has 1 aromatic carbocycles. The maximum Gasteiger partial charge on any atom is 0.252 e. The Morgan fingerprint density at radius 1 is 1.14 bits per heavy atom. The molecule has 22 heavy (non-hydrogen) atoms. The molecule has 0 spiro atoms. The molecular formula is C14H22N2O6. The van der Waals surface area contributed by atoms with Crippen molar-refractivity contribution in [1.82, 2.24) is 5.48 Å². The van der Waals surface area contributed by atoms with Gasteiger partial charge in [0.1, 0.15) is 0 Å². The highest BCUT2D eigenvalue weighted by atomic mass is 16.6. The first-order chi connectivity index (χ1) is 10.5. The number of phenols is 3. The van der Waals surface area contributed by atoms with Crippen LogP contribution in [0.1, 0.15) is 42.5 Å². The predicted molar refractivity (Wildman–Crippen MR) is 79.2 cm³/mol. The van der Waals surface area contributed by atoms with E-state index in [2.05, 4.69) is 4.84 Å². The Kier molecular flexibility index (Phi) is 9.95. The molecule has 2 amide bonds. The number of aromatic hydroxyl groups is 3. The van der Waals surface area contributed by atoms with Crippen molar-refractivity contribution in [2.24, 2.45) is 5.73 Å². The van der Waals surface area contributed by atoms with E-state index in [0.717, 1.165) is 12.1 Å². The normalized spacial score (nSPS) is 12.2. The van der Waals surface area contributed by atoms with E-state index in [9.17, 15) is 4.79 Å². The van der Waals surface area contributed by atoms with Crippen molar-refractivity contribution >= 4 is 12.3 Å². The molecule has 6 N–H and O–H groups in total. The van der Waals surface area contributed by atoms with E-state index < -0.39 is 23.2 Å². The van der Waals surface area contributed by atoms with Gasteiger partial charge in [-0.2, -0.15) is 0 Å². The van der Waals surface area contributed by atoms with Gasteiger partial charge in [0.2, 0.25) is 12.2 Å². The van der Waals surface area contributed by atoms with Gasteiger partial charge in [-0.15, -0.1) is 0 Å². The number of phenolic OH excluding ortho intramolecular Hbond substituents is 2. The van der Waals surface area contributed by atoms with Crippen LogP contribution in [0.25, 0.3) is 0 Å². The maximum atomic E-state index is 10.6. The van der Waals surface area contributed by atoms with Crippen molar-refractivity contribution in [1.29, 1.82) is 0 Å². The molecule has 1 aliphatic carbocycles. The third kappa shape index (κ3) is 7.34. The summed E-state index contributed by atoms with van der Waals surface area (Å²) in [5.74, 6) is -2.82. The lowest BCUT2D eigenvalue weighted by Gasteiger charge is -2.03. The molecule has 2 rings (SSSR count). The van der Waals surface area contributed by atoms with Gasteiger partial charge in [0.05, 0.1) is 12.7 Å². The number of benzene rings is 1. The van der Waals surface area contributed by atoms with Gasteiger partial charge >= 0.3 is 0 Å². The van der Waals surface area contributed by atoms with Crippen LogP contribution < -0.4 is 11.2 Å². The lowest BCUT2D eigenvalue weighted by molar-refractivity contribution is -0.118. The van der Waals surface area contributed by atoms with Crippen LogP contribution >= 0.6 is 0 Å². The Bertz CT molecular complexity index is 467. The molecule has 8 heteroatoms. The molecule has 0 aliphatic heterocycles. The van der Waals surface area contributed by atoms with E-state index in [1.54, 1.807) is 0 Å². The first-order valence-electron chi connectivity index (χ1n) is 6.71. The van der Waals surface area contributed by atoms with Crippen molar-refractivity contribution in [2.45, 2.75) is 32.1 Å². The summed E-state index contributed by atoms with van der Waals surface area (Å²) in [6, 6.07) is 2.18. The zero-order valence-electron chi connectivity index (χ0n) is 12.4. The summed E-state index contributed by atoms with van der Waals surface area (Å²) < 4.78 is 0. The quantitative estimate of drug-likeness (QED) is 0.322. The molecule has 0 radical (unpaired) electrons. The molecule has 124 valence electrons. The van der Waals surface area contributed by atoms with Crippen LogP contribution in [0, 0.1) is 0 Å². The molecule has 0 bridgehead atoms. The van der Waals surface area contributed by atoms with Crippen LogP contribution in [0.2, 0.25) is 0 Å². The summed E-state index contributed by atoms with van der Waals surface area (Å²) in [5, 5.41) is 26.8. The number of carbonyl (C=O) groups is 2. The number of carbonyl (C=O) groups excluding carboxylic acids is 2. The fourth-order valence-corrected chi connectivity index (χ4v) is 1.70. The SMILES string of the molecule is C1CCCC1.CONC=O.NC(=O)c1ccc(O)c(O)c1O. The van der Waals surface area contributed by atoms with E-state index in [1.807, 2.05) is 5.48 Å². The first-order valence-corrected chi connectivity index (χ1v) is 6.71. The minimum absolute atomic E-state index is 0.231. The van der Waals surface area contributed by atoms with Gasteiger partial charge in [-0.3, -0.25) is 14.4 Å². The molecule has 1 aromatic rings. The summed E-state index contributed by atoms with van der Waals surface area (Å²) in [5.41, 5.74) is 6.54. The van der Waals surface area contributed by atoms with Crippen molar-refractivity contribution in [2.75, 3.05) is 7.11 Å². The van der Waals surface area contributed by atoms with Gasteiger partial charge in [0, 0.05) is 0 Å². The Hall–Kier alpha value is -2.48. The second-order valence-electron chi connectivity index (χ2n) is 4.40. The zero-order chi connectivity index (χ0) is 17.0. The summed E-state index contributed by atoms with van der Waals surface area (Å²) in [7, 11) is 1.37. The molecule has 0 saturated heterocycles. The molecule has 1 fully saturated rings. The van der Waals surface area contributed by atoms with Crippen LogP contribution in [-0.2, 0) is 9.63 Å². The average molecular weight is 314 g/mol. The van der Waals surface area contributed by atoms with Crippen LogP contribution in [0.3, 0.4) is 0 Å². The molecular weight excluding hydrogens is 292 g/mol. The van der Waals surface area contributed by atoms with Crippen molar-refractivity contribution in [3.8, 4) is 17.2 Å². The zero-order valence-corrected chi connectivity index (χ0v) is 12.4. The van der Waals surface area contributed by atoms with E-state index in [0.29, 0.717) is 6.41 Å². The van der Waals surface area contributed by atoms with Gasteiger partial charge in [0.25, 0.3) is 5.91 Å². The summed E-state index contributed by atoms with van der Waals surface area (Å²) in [4.78, 5) is 23.8. The highest BCUT2D eigenvalue weighted by Crippen LogP contribution is 2.36.